The molecule has 154 valence electrons. The lowest BCUT2D eigenvalue weighted by Crippen LogP contribution is -2.13. The third-order valence-electron chi connectivity index (χ3n) is 5.72. The number of carbonyl (C=O) groups is 2. The van der Waals surface area contributed by atoms with E-state index in [2.05, 4.69) is 4.57 Å². The Labute approximate surface area is 175 Å². The molecule has 6 heteroatoms. The van der Waals surface area contributed by atoms with Gasteiger partial charge in [-0.15, -0.1) is 0 Å². The second-order valence-corrected chi connectivity index (χ2v) is 7.19. The molecule has 3 aromatic rings. The highest BCUT2D eigenvalue weighted by Gasteiger charge is 2.28. The molecule has 1 aliphatic heterocycles. The monoisotopic (exact) mass is 405 g/mol. The highest BCUT2D eigenvalue weighted by Crippen LogP contribution is 2.44. The first-order chi connectivity index (χ1) is 14.5. The van der Waals surface area contributed by atoms with Gasteiger partial charge in [0.25, 0.3) is 0 Å². The molecule has 0 N–H and O–H groups in total. The first-order valence-electron chi connectivity index (χ1n) is 9.66. The molecule has 4 rings (SSSR count). The van der Waals surface area contributed by atoms with Crippen molar-refractivity contribution in [3.63, 3.8) is 0 Å². The molecular weight excluding hydrogens is 382 g/mol. The molecule has 2 aromatic carbocycles. The fourth-order valence-electron chi connectivity index (χ4n) is 4.31. The van der Waals surface area contributed by atoms with Gasteiger partial charge in [-0.2, -0.15) is 0 Å². The van der Waals surface area contributed by atoms with Gasteiger partial charge >= 0.3 is 5.97 Å². The first-order valence-corrected chi connectivity index (χ1v) is 9.66. The summed E-state index contributed by atoms with van der Waals surface area (Å²) in [5, 5.41) is 0. The number of aryl methyl sites for hydroxylation is 1. The van der Waals surface area contributed by atoms with E-state index in [1.54, 1.807) is 26.4 Å². The van der Waals surface area contributed by atoms with Crippen LogP contribution < -0.4 is 9.47 Å². The number of ether oxygens (including phenoxy) is 3. The summed E-state index contributed by atoms with van der Waals surface area (Å²) in [6.45, 7) is 2.72. The summed E-state index contributed by atoms with van der Waals surface area (Å²) in [5.74, 6) is 0.963. The van der Waals surface area contributed by atoms with Gasteiger partial charge in [-0.05, 0) is 54.3 Å². The number of rotatable bonds is 5. The Bertz CT molecular complexity index is 1140. The first kappa shape index (κ1) is 19.8. The summed E-state index contributed by atoms with van der Waals surface area (Å²) in [6, 6.07) is 11.1. The number of aldehydes is 1. The molecule has 0 atom stereocenters. The zero-order valence-corrected chi connectivity index (χ0v) is 17.4. The molecule has 1 aromatic heterocycles. The van der Waals surface area contributed by atoms with Crippen LogP contribution in [0.25, 0.3) is 22.4 Å². The van der Waals surface area contributed by atoms with E-state index in [9.17, 15) is 9.59 Å². The van der Waals surface area contributed by atoms with Crippen LogP contribution >= 0.6 is 0 Å². The van der Waals surface area contributed by atoms with E-state index in [0.717, 1.165) is 46.2 Å². The van der Waals surface area contributed by atoms with Crippen LogP contribution in [-0.4, -0.2) is 38.2 Å². The van der Waals surface area contributed by atoms with Crippen LogP contribution in [0.5, 0.6) is 11.5 Å². The molecular formula is C24H23NO5. The second kappa shape index (κ2) is 7.71. The topological polar surface area (TPSA) is 66.8 Å². The van der Waals surface area contributed by atoms with Gasteiger partial charge in [0.15, 0.2) is 17.8 Å². The quantitative estimate of drug-likeness (QED) is 0.468. The minimum absolute atomic E-state index is 0.389. The van der Waals surface area contributed by atoms with Gasteiger partial charge in [-0.25, -0.2) is 4.79 Å². The molecule has 0 unspecified atom stereocenters. The number of aromatic nitrogens is 1. The van der Waals surface area contributed by atoms with E-state index in [1.165, 1.54) is 7.11 Å². The molecule has 30 heavy (non-hydrogen) atoms. The zero-order valence-electron chi connectivity index (χ0n) is 17.4. The number of hydrogen-bond donors (Lipinski definition) is 0. The van der Waals surface area contributed by atoms with Crippen molar-refractivity contribution in [2.75, 3.05) is 21.3 Å². The lowest BCUT2D eigenvalue weighted by molar-refractivity contribution is 0.0600. The normalized spacial score (nSPS) is 12.0. The van der Waals surface area contributed by atoms with Crippen LogP contribution in [0.4, 0.5) is 0 Å². The Balaban J connectivity index is 1.91. The highest BCUT2D eigenvalue weighted by molar-refractivity contribution is 5.95. The van der Waals surface area contributed by atoms with E-state index in [1.807, 2.05) is 31.2 Å². The SMILES string of the molecule is COC(=O)c1ccc(-c2c(C)c3n(c2C=O)CCc2cc(OC)c(OC)cc2-3)cc1. The summed E-state index contributed by atoms with van der Waals surface area (Å²) in [6.07, 6.45) is 1.70. The van der Waals surface area contributed by atoms with Gasteiger partial charge in [-0.3, -0.25) is 4.79 Å². The van der Waals surface area contributed by atoms with Crippen LogP contribution in [0.2, 0.25) is 0 Å². The summed E-state index contributed by atoms with van der Waals surface area (Å²) >= 11 is 0. The third kappa shape index (κ3) is 2.96. The van der Waals surface area contributed by atoms with Crippen LogP contribution in [0, 0.1) is 6.92 Å². The van der Waals surface area contributed by atoms with E-state index >= 15 is 0 Å². The number of carbonyl (C=O) groups excluding carboxylic acids is 2. The molecule has 0 radical (unpaired) electrons. The van der Waals surface area contributed by atoms with Crippen molar-refractivity contribution in [1.82, 2.24) is 4.57 Å². The predicted octanol–water partition coefficient (Wildman–Crippen LogP) is 4.30. The molecule has 2 heterocycles. The summed E-state index contributed by atoms with van der Waals surface area (Å²) in [4.78, 5) is 23.9. The third-order valence-corrected chi connectivity index (χ3v) is 5.72. The number of methoxy groups -OCH3 is 3. The number of hydrogen-bond acceptors (Lipinski definition) is 5. The molecule has 0 fully saturated rings. The molecule has 1 aliphatic rings. The molecule has 0 bridgehead atoms. The van der Waals surface area contributed by atoms with Crippen LogP contribution in [-0.2, 0) is 17.7 Å². The van der Waals surface area contributed by atoms with E-state index in [0.29, 0.717) is 29.3 Å². The molecule has 0 saturated heterocycles. The Kier molecular flexibility index (Phi) is 5.08. The van der Waals surface area contributed by atoms with Crippen molar-refractivity contribution in [2.24, 2.45) is 0 Å². The number of benzene rings is 2. The minimum atomic E-state index is -0.389. The lowest BCUT2D eigenvalue weighted by Gasteiger charge is -2.23. The predicted molar refractivity (Wildman–Crippen MR) is 114 cm³/mol. The number of fused-ring (bicyclic) bond motifs is 3. The maximum absolute atomic E-state index is 12.1. The number of nitrogens with zero attached hydrogens (tertiary/aromatic N) is 1. The fourth-order valence-corrected chi connectivity index (χ4v) is 4.31. The average Bonchev–Trinajstić information content (AvgIpc) is 3.09. The Morgan fingerprint density at radius 1 is 1.03 bits per heavy atom. The van der Waals surface area contributed by atoms with Crippen LogP contribution in [0.15, 0.2) is 36.4 Å². The second-order valence-electron chi connectivity index (χ2n) is 7.19. The summed E-state index contributed by atoms with van der Waals surface area (Å²) in [5.41, 5.74) is 7.07. The van der Waals surface area contributed by atoms with Crippen molar-refractivity contribution < 1.29 is 23.8 Å². The molecule has 6 nitrogen and oxygen atoms in total. The Morgan fingerprint density at radius 2 is 1.70 bits per heavy atom. The molecule has 0 amide bonds. The van der Waals surface area contributed by atoms with Crippen LogP contribution in [0.3, 0.4) is 0 Å². The largest absolute Gasteiger partial charge is 0.493 e. The average molecular weight is 405 g/mol. The van der Waals surface area contributed by atoms with E-state index in [-0.39, 0.29) is 5.97 Å². The van der Waals surface area contributed by atoms with Gasteiger partial charge in [0.2, 0.25) is 0 Å². The highest BCUT2D eigenvalue weighted by atomic mass is 16.5. The summed E-state index contributed by atoms with van der Waals surface area (Å²) in [7, 11) is 4.60. The van der Waals surface area contributed by atoms with E-state index in [4.69, 9.17) is 14.2 Å². The smallest absolute Gasteiger partial charge is 0.337 e. The fraction of sp³-hybridized carbons (Fsp3) is 0.250. The van der Waals surface area contributed by atoms with Gasteiger partial charge in [0.1, 0.15) is 0 Å². The van der Waals surface area contributed by atoms with Crippen molar-refractivity contribution in [1.29, 1.82) is 0 Å². The lowest BCUT2D eigenvalue weighted by atomic mass is 9.94. The standard InChI is InChI=1S/C24H23NO5/c1-14-22(15-5-7-16(8-6-15)24(27)30-4)19(13-26)25-10-9-17-11-20(28-2)21(29-3)12-18(17)23(14)25/h5-8,11-13H,9-10H2,1-4H3. The molecule has 0 aliphatic carbocycles. The maximum atomic E-state index is 12.1. The van der Waals surface area contributed by atoms with Crippen LogP contribution in [0.1, 0.15) is 32.0 Å². The minimum Gasteiger partial charge on any atom is -0.493 e. The number of esters is 1. The van der Waals surface area contributed by atoms with Crippen molar-refractivity contribution >= 4 is 12.3 Å². The van der Waals surface area contributed by atoms with Crippen molar-refractivity contribution in [2.45, 2.75) is 19.9 Å². The van der Waals surface area contributed by atoms with Gasteiger partial charge in [-0.1, -0.05) is 12.1 Å². The Hall–Kier alpha value is -3.54. The van der Waals surface area contributed by atoms with Gasteiger partial charge in [0.05, 0.1) is 38.3 Å². The Morgan fingerprint density at radius 3 is 2.30 bits per heavy atom. The molecule has 0 spiro atoms. The van der Waals surface area contributed by atoms with E-state index < -0.39 is 0 Å². The van der Waals surface area contributed by atoms with Gasteiger partial charge in [0, 0.05) is 17.7 Å². The van der Waals surface area contributed by atoms with Crippen molar-refractivity contribution in [3.05, 3.63) is 58.8 Å². The van der Waals surface area contributed by atoms with Gasteiger partial charge < -0.3 is 18.8 Å². The maximum Gasteiger partial charge on any atom is 0.337 e. The zero-order chi connectivity index (χ0) is 21.4. The van der Waals surface area contributed by atoms with Crippen molar-refractivity contribution in [3.8, 4) is 33.9 Å². The summed E-state index contributed by atoms with van der Waals surface area (Å²) < 4.78 is 17.8. The molecule has 0 saturated carbocycles.